The van der Waals surface area contributed by atoms with Crippen molar-refractivity contribution in [3.05, 3.63) is 23.5 Å². The number of phenols is 1. The van der Waals surface area contributed by atoms with Crippen LogP contribution in [0.5, 0.6) is 11.5 Å². The average molecular weight is 225 g/mol. The zero-order valence-electron chi connectivity index (χ0n) is 9.46. The van der Waals surface area contributed by atoms with Crippen LogP contribution in [0.4, 0.5) is 4.39 Å². The number of nitrogens with two attached hydrogens (primary N) is 1. The molecule has 0 spiro atoms. The first-order chi connectivity index (χ1) is 7.51. The molecule has 0 aliphatic heterocycles. The molecule has 1 aliphatic rings. The van der Waals surface area contributed by atoms with Gasteiger partial charge < -0.3 is 15.6 Å². The Balaban J connectivity index is 2.47. The lowest BCUT2D eigenvalue weighted by atomic mass is 9.89. The van der Waals surface area contributed by atoms with E-state index in [9.17, 15) is 9.50 Å². The second-order valence-electron chi connectivity index (χ2n) is 4.45. The molecular weight excluding hydrogens is 209 g/mol. The summed E-state index contributed by atoms with van der Waals surface area (Å²) >= 11 is 0. The van der Waals surface area contributed by atoms with Gasteiger partial charge >= 0.3 is 0 Å². The lowest BCUT2D eigenvalue weighted by molar-refractivity contribution is 0.355. The maximum Gasteiger partial charge on any atom is 0.194 e. The normalized spacial score (nSPS) is 19.2. The van der Waals surface area contributed by atoms with Gasteiger partial charge in [0, 0.05) is 11.5 Å². The molecule has 1 fully saturated rings. The van der Waals surface area contributed by atoms with E-state index in [4.69, 9.17) is 10.5 Å². The monoisotopic (exact) mass is 225 g/mol. The second kappa shape index (κ2) is 3.63. The molecule has 4 heteroatoms. The van der Waals surface area contributed by atoms with Gasteiger partial charge in [0.15, 0.2) is 17.3 Å². The number of rotatable bonds is 3. The van der Waals surface area contributed by atoms with Crippen LogP contribution in [-0.4, -0.2) is 18.3 Å². The van der Waals surface area contributed by atoms with Crippen LogP contribution in [-0.2, 0) is 5.41 Å². The minimum Gasteiger partial charge on any atom is -0.502 e. The highest BCUT2D eigenvalue weighted by Crippen LogP contribution is 2.52. The van der Waals surface area contributed by atoms with E-state index < -0.39 is 11.6 Å². The van der Waals surface area contributed by atoms with Gasteiger partial charge in [-0.05, 0) is 37.5 Å². The highest BCUT2D eigenvalue weighted by molar-refractivity contribution is 5.47. The Kier molecular flexibility index (Phi) is 2.54. The lowest BCUT2D eigenvalue weighted by Crippen LogP contribution is -2.31. The fraction of sp³-hybridized carbons (Fsp3) is 0.500. The first-order valence-electron chi connectivity index (χ1n) is 5.34. The van der Waals surface area contributed by atoms with E-state index in [0.717, 1.165) is 18.4 Å². The third kappa shape index (κ3) is 1.53. The standard InChI is InChI=1S/C12H16FNO2/c1-7(14)12(3-4-12)8-5-9(13)11(15)10(6-8)16-2/h5-7,15H,3-4,14H2,1-2H3. The van der Waals surface area contributed by atoms with Crippen LogP contribution in [0.2, 0.25) is 0 Å². The molecule has 1 unspecified atom stereocenters. The number of methoxy groups -OCH3 is 1. The molecule has 0 aromatic heterocycles. The summed E-state index contributed by atoms with van der Waals surface area (Å²) in [4.78, 5) is 0. The minimum atomic E-state index is -0.652. The molecule has 0 saturated heterocycles. The Morgan fingerprint density at radius 1 is 1.50 bits per heavy atom. The predicted octanol–water partition coefficient (Wildman–Crippen LogP) is 1.92. The third-order valence-corrected chi connectivity index (χ3v) is 3.48. The summed E-state index contributed by atoms with van der Waals surface area (Å²) < 4.78 is 18.4. The van der Waals surface area contributed by atoms with Crippen LogP contribution < -0.4 is 10.5 Å². The number of phenolic OH excluding ortho intramolecular Hbond substituents is 1. The molecule has 0 bridgehead atoms. The van der Waals surface area contributed by atoms with Crippen molar-refractivity contribution in [1.29, 1.82) is 0 Å². The molecule has 3 nitrogen and oxygen atoms in total. The average Bonchev–Trinajstić information content (AvgIpc) is 3.02. The Morgan fingerprint density at radius 2 is 2.12 bits per heavy atom. The van der Waals surface area contributed by atoms with Crippen molar-refractivity contribution in [3.63, 3.8) is 0 Å². The van der Waals surface area contributed by atoms with Gasteiger partial charge in [0.05, 0.1) is 7.11 Å². The van der Waals surface area contributed by atoms with E-state index in [1.165, 1.54) is 13.2 Å². The summed E-state index contributed by atoms with van der Waals surface area (Å²) in [5.74, 6) is -0.921. The highest BCUT2D eigenvalue weighted by Gasteiger charge is 2.48. The maximum absolute atomic E-state index is 13.5. The summed E-state index contributed by atoms with van der Waals surface area (Å²) in [6.07, 6.45) is 1.91. The lowest BCUT2D eigenvalue weighted by Gasteiger charge is -2.21. The van der Waals surface area contributed by atoms with Crippen LogP contribution in [0.15, 0.2) is 12.1 Å². The van der Waals surface area contributed by atoms with Crippen molar-refractivity contribution in [1.82, 2.24) is 0 Å². The number of ether oxygens (including phenoxy) is 1. The zero-order valence-corrected chi connectivity index (χ0v) is 9.46. The SMILES string of the molecule is COc1cc(C2(C(C)N)CC2)cc(F)c1O. The molecule has 88 valence electrons. The molecule has 1 aromatic carbocycles. The second-order valence-corrected chi connectivity index (χ2v) is 4.45. The molecule has 3 N–H and O–H groups in total. The van der Waals surface area contributed by atoms with Crippen LogP contribution in [0.3, 0.4) is 0 Å². The summed E-state index contributed by atoms with van der Waals surface area (Å²) in [5, 5.41) is 9.42. The zero-order chi connectivity index (χ0) is 11.9. The molecule has 1 saturated carbocycles. The van der Waals surface area contributed by atoms with Gasteiger partial charge in [-0.25, -0.2) is 4.39 Å². The first-order valence-corrected chi connectivity index (χ1v) is 5.34. The smallest absolute Gasteiger partial charge is 0.194 e. The number of hydrogen-bond acceptors (Lipinski definition) is 3. The van der Waals surface area contributed by atoms with Crippen molar-refractivity contribution < 1.29 is 14.2 Å². The van der Waals surface area contributed by atoms with Crippen molar-refractivity contribution >= 4 is 0 Å². The predicted molar refractivity (Wildman–Crippen MR) is 59.2 cm³/mol. The van der Waals surface area contributed by atoms with Gasteiger partial charge in [-0.15, -0.1) is 0 Å². The summed E-state index contributed by atoms with van der Waals surface area (Å²) in [6, 6.07) is 3.00. The van der Waals surface area contributed by atoms with Crippen LogP contribution >= 0.6 is 0 Å². The van der Waals surface area contributed by atoms with Crippen molar-refractivity contribution in [2.75, 3.05) is 7.11 Å². The maximum atomic E-state index is 13.5. The Labute approximate surface area is 94.0 Å². The number of aromatic hydroxyl groups is 1. The van der Waals surface area contributed by atoms with E-state index in [2.05, 4.69) is 0 Å². The molecule has 0 heterocycles. The fourth-order valence-corrected chi connectivity index (χ4v) is 2.16. The Bertz CT molecular complexity index is 414. The summed E-state index contributed by atoms with van der Waals surface area (Å²) in [5.41, 5.74) is 6.60. The van der Waals surface area contributed by atoms with Crippen molar-refractivity contribution in [2.45, 2.75) is 31.2 Å². The van der Waals surface area contributed by atoms with Crippen molar-refractivity contribution in [2.24, 2.45) is 5.73 Å². The number of halogens is 1. The first kappa shape index (κ1) is 11.2. The van der Waals surface area contributed by atoms with Crippen molar-refractivity contribution in [3.8, 4) is 11.5 Å². The van der Waals surface area contributed by atoms with Gasteiger partial charge in [-0.1, -0.05) is 0 Å². The largest absolute Gasteiger partial charge is 0.502 e. The minimum absolute atomic E-state index is 0.0267. The van der Waals surface area contributed by atoms with Gasteiger partial charge in [0.1, 0.15) is 0 Å². The summed E-state index contributed by atoms with van der Waals surface area (Å²) in [7, 11) is 1.41. The van der Waals surface area contributed by atoms with E-state index >= 15 is 0 Å². The molecular formula is C12H16FNO2. The van der Waals surface area contributed by atoms with Gasteiger partial charge in [-0.2, -0.15) is 0 Å². The molecule has 1 aliphatic carbocycles. The van der Waals surface area contributed by atoms with Gasteiger partial charge in [0.2, 0.25) is 0 Å². The highest BCUT2D eigenvalue weighted by atomic mass is 19.1. The van der Waals surface area contributed by atoms with Gasteiger partial charge in [0.25, 0.3) is 0 Å². The van der Waals surface area contributed by atoms with Crippen LogP contribution in [0.25, 0.3) is 0 Å². The quantitative estimate of drug-likeness (QED) is 0.826. The van der Waals surface area contributed by atoms with E-state index in [1.54, 1.807) is 6.07 Å². The van der Waals surface area contributed by atoms with E-state index in [-0.39, 0.29) is 17.2 Å². The molecule has 0 radical (unpaired) electrons. The number of hydrogen-bond donors (Lipinski definition) is 2. The molecule has 1 aromatic rings. The summed E-state index contributed by atoms with van der Waals surface area (Å²) in [6.45, 7) is 1.92. The van der Waals surface area contributed by atoms with E-state index in [0.29, 0.717) is 0 Å². The third-order valence-electron chi connectivity index (χ3n) is 3.48. The Morgan fingerprint density at radius 3 is 2.56 bits per heavy atom. The van der Waals surface area contributed by atoms with Crippen LogP contribution in [0.1, 0.15) is 25.3 Å². The van der Waals surface area contributed by atoms with Gasteiger partial charge in [-0.3, -0.25) is 0 Å². The van der Waals surface area contributed by atoms with E-state index in [1.807, 2.05) is 6.92 Å². The molecule has 0 amide bonds. The molecule has 1 atom stereocenters. The number of benzene rings is 1. The fourth-order valence-electron chi connectivity index (χ4n) is 2.16. The van der Waals surface area contributed by atoms with Crippen LogP contribution in [0, 0.1) is 5.82 Å². The molecule has 2 rings (SSSR count). The topological polar surface area (TPSA) is 55.5 Å². The molecule has 16 heavy (non-hydrogen) atoms. The Hall–Kier alpha value is -1.29.